The van der Waals surface area contributed by atoms with Crippen molar-refractivity contribution in [1.29, 1.82) is 0 Å². The number of quaternary nitrogens is 1. The number of anilines is 1. The van der Waals surface area contributed by atoms with Crippen LogP contribution >= 0.6 is 0 Å². The number of morpholine rings is 1. The molecule has 2 N–H and O–H groups in total. The van der Waals surface area contributed by atoms with Gasteiger partial charge in [0.05, 0.1) is 43.7 Å². The molecule has 1 aromatic rings. The molecule has 0 unspecified atom stereocenters. The monoisotopic (exact) mass is 401 g/mol. The third-order valence-electron chi connectivity index (χ3n) is 4.36. The first-order chi connectivity index (χ1) is 12.5. The molecule has 27 heavy (non-hydrogen) atoms. The molecule has 9 nitrogen and oxygen atoms in total. The fraction of sp³-hybridized carbons (Fsp3) is 0.647. The van der Waals surface area contributed by atoms with Crippen LogP contribution in [0.5, 0.6) is 0 Å². The van der Waals surface area contributed by atoms with Crippen molar-refractivity contribution in [3.63, 3.8) is 0 Å². The Bertz CT molecular complexity index is 774. The summed E-state index contributed by atoms with van der Waals surface area (Å²) in [6.07, 6.45) is 0. The van der Waals surface area contributed by atoms with Crippen LogP contribution in [0.1, 0.15) is 13.8 Å². The van der Waals surface area contributed by atoms with Gasteiger partial charge in [-0.05, 0) is 12.1 Å². The fourth-order valence-electron chi connectivity index (χ4n) is 3.26. The lowest BCUT2D eigenvalue weighted by Gasteiger charge is -2.27. The van der Waals surface area contributed by atoms with Gasteiger partial charge in [-0.3, -0.25) is 10.1 Å². The van der Waals surface area contributed by atoms with Gasteiger partial charge in [0.15, 0.2) is 0 Å². The molecule has 0 aromatic heterocycles. The average Bonchev–Trinajstić information content (AvgIpc) is 2.59. The Labute approximate surface area is 160 Å². The Kier molecular flexibility index (Phi) is 6.79. The van der Waals surface area contributed by atoms with Gasteiger partial charge < -0.3 is 15.0 Å². The van der Waals surface area contributed by atoms with E-state index in [4.69, 9.17) is 4.74 Å². The number of nitro groups is 1. The third kappa shape index (κ3) is 5.61. The van der Waals surface area contributed by atoms with Gasteiger partial charge in [0.1, 0.15) is 5.69 Å². The van der Waals surface area contributed by atoms with Crippen LogP contribution in [0.25, 0.3) is 0 Å². The van der Waals surface area contributed by atoms with Crippen LogP contribution in [0.15, 0.2) is 23.1 Å². The zero-order valence-electron chi connectivity index (χ0n) is 16.3. The predicted octanol–water partition coefficient (Wildman–Crippen LogP) is 0.198. The number of rotatable bonds is 8. The highest BCUT2D eigenvalue weighted by atomic mass is 32.2. The zero-order valence-corrected chi connectivity index (χ0v) is 17.1. The molecular weight excluding hydrogens is 372 g/mol. The number of nitrogens with zero attached hydrogens (tertiary/aromatic N) is 2. The molecule has 0 aliphatic carbocycles. The Morgan fingerprint density at radius 1 is 1.30 bits per heavy atom. The van der Waals surface area contributed by atoms with Crippen LogP contribution < -0.4 is 10.2 Å². The largest absolute Gasteiger partial charge is 0.379 e. The van der Waals surface area contributed by atoms with Crippen LogP contribution in [-0.2, 0) is 14.8 Å². The highest BCUT2D eigenvalue weighted by Crippen LogP contribution is 2.30. The maximum atomic E-state index is 12.7. The first kappa shape index (κ1) is 21.5. The number of sulfonamides is 1. The summed E-state index contributed by atoms with van der Waals surface area (Å²) in [6, 6.07) is 4.03. The van der Waals surface area contributed by atoms with Crippen molar-refractivity contribution in [2.45, 2.75) is 18.7 Å². The quantitative estimate of drug-likeness (QED) is 0.476. The summed E-state index contributed by atoms with van der Waals surface area (Å²) < 4.78 is 31.9. The normalized spacial score (nSPS) is 16.5. The molecule has 1 saturated heterocycles. The third-order valence-corrected chi connectivity index (χ3v) is 6.26. The summed E-state index contributed by atoms with van der Waals surface area (Å²) >= 11 is 0. The maximum Gasteiger partial charge on any atom is 0.293 e. The molecule has 0 spiro atoms. The van der Waals surface area contributed by atoms with Crippen LogP contribution in [0.2, 0.25) is 0 Å². The molecule has 152 valence electrons. The lowest BCUT2D eigenvalue weighted by Crippen LogP contribution is -3.07. The lowest BCUT2D eigenvalue weighted by atomic mass is 9.93. The number of nitrogens with one attached hydrogen (secondary N) is 2. The molecule has 0 radical (unpaired) electrons. The van der Waals surface area contributed by atoms with Gasteiger partial charge in [0.25, 0.3) is 5.69 Å². The average molecular weight is 402 g/mol. The first-order valence-electron chi connectivity index (χ1n) is 8.92. The minimum Gasteiger partial charge on any atom is -0.379 e. The molecule has 2 rings (SSSR count). The Hall–Kier alpha value is -1.75. The summed E-state index contributed by atoms with van der Waals surface area (Å²) in [5, 5.41) is 14.6. The van der Waals surface area contributed by atoms with E-state index in [9.17, 15) is 18.5 Å². The minimum absolute atomic E-state index is 0.0707. The van der Waals surface area contributed by atoms with Crippen molar-refractivity contribution < 1.29 is 23.0 Å². The van der Waals surface area contributed by atoms with E-state index in [0.717, 1.165) is 12.6 Å². The van der Waals surface area contributed by atoms with E-state index in [0.29, 0.717) is 25.4 Å². The van der Waals surface area contributed by atoms with Crippen molar-refractivity contribution in [2.75, 3.05) is 58.8 Å². The van der Waals surface area contributed by atoms with Gasteiger partial charge >= 0.3 is 0 Å². The smallest absolute Gasteiger partial charge is 0.293 e. The summed E-state index contributed by atoms with van der Waals surface area (Å²) in [6.45, 7) is 6.72. The molecule has 10 heteroatoms. The SMILES string of the molecule is C[NH+](C)CC(C)(C)CNc1ccc(S(=O)(=O)N2CCOCC2)cc1[N+](=O)[O-]. The van der Waals surface area contributed by atoms with Gasteiger partial charge in [-0.25, -0.2) is 8.42 Å². The fourth-order valence-corrected chi connectivity index (χ4v) is 4.69. The Balaban J connectivity index is 2.25. The molecule has 0 saturated carbocycles. The Morgan fingerprint density at radius 2 is 1.93 bits per heavy atom. The van der Waals surface area contributed by atoms with E-state index in [2.05, 4.69) is 33.3 Å². The van der Waals surface area contributed by atoms with Crippen LogP contribution in [-0.4, -0.2) is 71.1 Å². The minimum atomic E-state index is -3.78. The lowest BCUT2D eigenvalue weighted by molar-refractivity contribution is -0.865. The second-order valence-corrected chi connectivity index (χ2v) is 9.79. The van der Waals surface area contributed by atoms with E-state index in [1.807, 2.05) is 0 Å². The summed E-state index contributed by atoms with van der Waals surface area (Å²) in [7, 11) is 0.326. The van der Waals surface area contributed by atoms with Crippen molar-refractivity contribution >= 4 is 21.4 Å². The molecular formula is C17H29N4O5S+. The van der Waals surface area contributed by atoms with E-state index in [1.165, 1.54) is 21.3 Å². The van der Waals surface area contributed by atoms with Crippen molar-refractivity contribution in [1.82, 2.24) is 4.31 Å². The van der Waals surface area contributed by atoms with E-state index >= 15 is 0 Å². The van der Waals surface area contributed by atoms with Crippen molar-refractivity contribution in [3.05, 3.63) is 28.3 Å². The van der Waals surface area contributed by atoms with Crippen molar-refractivity contribution in [2.24, 2.45) is 5.41 Å². The zero-order chi connectivity index (χ0) is 20.2. The summed E-state index contributed by atoms with van der Waals surface area (Å²) in [5.74, 6) is 0. The highest BCUT2D eigenvalue weighted by Gasteiger charge is 2.29. The molecule has 1 aromatic carbocycles. The van der Waals surface area contributed by atoms with Gasteiger partial charge in [-0.1, -0.05) is 13.8 Å². The van der Waals surface area contributed by atoms with E-state index in [1.54, 1.807) is 0 Å². The molecule has 0 amide bonds. The van der Waals surface area contributed by atoms with Crippen LogP contribution in [0, 0.1) is 15.5 Å². The Morgan fingerprint density at radius 3 is 2.48 bits per heavy atom. The number of hydrogen-bond donors (Lipinski definition) is 2. The maximum absolute atomic E-state index is 12.7. The predicted molar refractivity (Wildman–Crippen MR) is 103 cm³/mol. The van der Waals surface area contributed by atoms with Crippen molar-refractivity contribution in [3.8, 4) is 0 Å². The molecule has 1 fully saturated rings. The topological polar surface area (TPSA) is 106 Å². The molecule has 0 bridgehead atoms. The number of nitro benzene ring substituents is 1. The molecule has 1 heterocycles. The summed E-state index contributed by atoms with van der Waals surface area (Å²) in [5.41, 5.74) is 0.00530. The number of hydrogen-bond acceptors (Lipinski definition) is 6. The van der Waals surface area contributed by atoms with E-state index in [-0.39, 0.29) is 29.1 Å². The van der Waals surface area contributed by atoms with Crippen LogP contribution in [0.4, 0.5) is 11.4 Å². The van der Waals surface area contributed by atoms with E-state index < -0.39 is 14.9 Å². The van der Waals surface area contributed by atoms with Gasteiger partial charge in [-0.2, -0.15) is 4.31 Å². The first-order valence-corrected chi connectivity index (χ1v) is 10.4. The molecule has 0 atom stereocenters. The second kappa shape index (κ2) is 8.51. The summed E-state index contributed by atoms with van der Waals surface area (Å²) in [4.78, 5) is 12.2. The highest BCUT2D eigenvalue weighted by molar-refractivity contribution is 7.89. The van der Waals surface area contributed by atoms with Gasteiger partial charge in [0.2, 0.25) is 10.0 Å². The van der Waals surface area contributed by atoms with Gasteiger partial charge in [-0.15, -0.1) is 0 Å². The molecule has 1 aliphatic heterocycles. The van der Waals surface area contributed by atoms with Crippen LogP contribution in [0.3, 0.4) is 0 Å². The standard InChI is InChI=1S/C17H28N4O5S/c1-17(2,13-19(3)4)12-18-15-6-5-14(11-16(15)21(22)23)27(24,25)20-7-9-26-10-8-20/h5-6,11,18H,7-10,12-13H2,1-4H3/p+1. The number of ether oxygens (including phenoxy) is 1. The second-order valence-electron chi connectivity index (χ2n) is 7.85. The van der Waals surface area contributed by atoms with Gasteiger partial charge in [0, 0.05) is 31.1 Å². The number of benzene rings is 1. The molecule has 1 aliphatic rings.